The topological polar surface area (TPSA) is 131 Å². The second-order valence-corrected chi connectivity index (χ2v) is 5.09. The van der Waals surface area contributed by atoms with Crippen molar-refractivity contribution in [2.75, 3.05) is 5.23 Å². The van der Waals surface area contributed by atoms with Crippen LogP contribution in [-0.4, -0.2) is 14.9 Å². The van der Waals surface area contributed by atoms with Crippen molar-refractivity contribution >= 4 is 45.5 Å². The lowest BCUT2D eigenvalue weighted by Crippen LogP contribution is -2.29. The van der Waals surface area contributed by atoms with Crippen molar-refractivity contribution in [3.63, 3.8) is 0 Å². The maximum Gasteiger partial charge on any atom is 0.314 e. The fraction of sp³-hybridized carbons (Fsp3) is 0. The number of H-pyrrole nitrogens is 2. The van der Waals surface area contributed by atoms with Crippen LogP contribution in [0, 0.1) is 10.1 Å². The summed E-state index contributed by atoms with van der Waals surface area (Å²) in [4.78, 5) is 38.7. The van der Waals surface area contributed by atoms with Crippen molar-refractivity contribution in [1.29, 1.82) is 0 Å². The minimum atomic E-state index is -0.881. The molecule has 2 heterocycles. The van der Waals surface area contributed by atoms with E-state index < -0.39 is 16.0 Å². The molecule has 1 aliphatic rings. The van der Waals surface area contributed by atoms with Crippen LogP contribution < -0.4 is 16.3 Å². The van der Waals surface area contributed by atoms with Crippen molar-refractivity contribution in [1.82, 2.24) is 9.97 Å². The Morgan fingerprint density at radius 1 is 1.17 bits per heavy atom. The molecule has 0 bridgehead atoms. The summed E-state index contributed by atoms with van der Waals surface area (Å²) in [5, 5.41) is 13.0. The Hall–Kier alpha value is -2.89. The molecule has 1 fully saturated rings. The number of nitro benzene ring substituents is 1. The predicted octanol–water partition coefficient (Wildman–Crippen LogP) is 1.52. The lowest BCUT2D eigenvalue weighted by atomic mass is 10.0. The number of hydrogen-bond acceptors (Lipinski definition) is 8. The first-order valence-corrected chi connectivity index (χ1v) is 6.91. The van der Waals surface area contributed by atoms with E-state index in [9.17, 15) is 19.7 Å². The molecule has 1 aliphatic heterocycles. The van der Waals surface area contributed by atoms with Gasteiger partial charge in [-0.2, -0.15) is 0 Å². The highest BCUT2D eigenvalue weighted by molar-refractivity contribution is 7.90. The number of nitro groups is 1. The first-order chi connectivity index (χ1) is 11.1. The van der Waals surface area contributed by atoms with Crippen LogP contribution in [-0.2, 0) is 8.57 Å². The summed E-state index contributed by atoms with van der Waals surface area (Å²) in [7, 11) is 0. The number of hydrogen-bond donors (Lipinski definition) is 2. The number of benzene rings is 2. The Bertz CT molecular complexity index is 1090. The summed E-state index contributed by atoms with van der Waals surface area (Å²) in [6, 6.07) is 5.98. The minimum Gasteiger partial charge on any atom is -0.316 e. The number of nitrogens with zero attached hydrogens (tertiary/aromatic N) is 2. The molecule has 3 aromatic rings. The number of aromatic amines is 2. The molecule has 0 saturated carbocycles. The average Bonchev–Trinajstić information content (AvgIpc) is 2.46. The van der Waals surface area contributed by atoms with Crippen LogP contribution in [0.15, 0.2) is 33.9 Å². The van der Waals surface area contributed by atoms with Crippen LogP contribution in [0.3, 0.4) is 0 Å². The maximum absolute atomic E-state index is 11.6. The van der Waals surface area contributed by atoms with Gasteiger partial charge in [0.15, 0.2) is 0 Å². The van der Waals surface area contributed by atoms with Crippen molar-refractivity contribution < 1.29 is 13.5 Å². The highest BCUT2D eigenvalue weighted by Gasteiger charge is 2.28. The van der Waals surface area contributed by atoms with E-state index in [-0.39, 0.29) is 22.1 Å². The van der Waals surface area contributed by atoms with E-state index in [1.165, 1.54) is 6.07 Å². The van der Waals surface area contributed by atoms with Crippen molar-refractivity contribution in [2.45, 2.75) is 0 Å². The van der Waals surface area contributed by atoms with E-state index >= 15 is 0 Å². The third-order valence-corrected chi connectivity index (χ3v) is 3.79. The smallest absolute Gasteiger partial charge is 0.314 e. The lowest BCUT2D eigenvalue weighted by molar-refractivity contribution is -0.382. The van der Waals surface area contributed by atoms with Crippen LogP contribution in [0.25, 0.3) is 21.8 Å². The molecule has 23 heavy (non-hydrogen) atoms. The van der Waals surface area contributed by atoms with Gasteiger partial charge in [-0.1, -0.05) is 17.4 Å². The normalized spacial score (nSPS) is 14.2. The number of rotatable bonds is 2. The summed E-state index contributed by atoms with van der Waals surface area (Å²) in [5.41, 5.74) is -1.23. The molecule has 10 nitrogen and oxygen atoms in total. The zero-order valence-corrected chi connectivity index (χ0v) is 11.9. The highest BCUT2D eigenvalue weighted by atomic mass is 32.2. The van der Waals surface area contributed by atoms with Crippen LogP contribution in [0.2, 0.25) is 0 Å². The van der Waals surface area contributed by atoms with E-state index in [4.69, 9.17) is 8.57 Å². The second-order valence-electron chi connectivity index (χ2n) is 4.66. The zero-order chi connectivity index (χ0) is 16.1. The lowest BCUT2D eigenvalue weighted by Gasteiger charge is -2.27. The van der Waals surface area contributed by atoms with E-state index in [2.05, 4.69) is 9.97 Å². The number of fused-ring (bicyclic) bond motifs is 3. The van der Waals surface area contributed by atoms with Crippen molar-refractivity contribution in [2.24, 2.45) is 0 Å². The molecule has 0 unspecified atom stereocenters. The maximum atomic E-state index is 11.6. The van der Waals surface area contributed by atoms with Crippen molar-refractivity contribution in [3.05, 3.63) is 55.1 Å². The molecule has 2 N–H and O–H groups in total. The van der Waals surface area contributed by atoms with E-state index in [1.54, 1.807) is 18.2 Å². The quantitative estimate of drug-likeness (QED) is 0.237. The second kappa shape index (κ2) is 4.81. The molecule has 0 spiro atoms. The fourth-order valence-corrected chi connectivity index (χ4v) is 2.75. The molecule has 1 aromatic heterocycles. The summed E-state index contributed by atoms with van der Waals surface area (Å²) in [6.45, 7) is 0. The molecule has 0 amide bonds. The van der Waals surface area contributed by atoms with Gasteiger partial charge in [-0.25, -0.2) is 0 Å². The Morgan fingerprint density at radius 3 is 2.57 bits per heavy atom. The number of anilines is 1. The van der Waals surface area contributed by atoms with Crippen LogP contribution in [0.1, 0.15) is 0 Å². The largest absolute Gasteiger partial charge is 0.316 e. The third-order valence-electron chi connectivity index (χ3n) is 3.40. The molecule has 0 aliphatic carbocycles. The number of aromatic nitrogens is 2. The van der Waals surface area contributed by atoms with Gasteiger partial charge in [0.05, 0.1) is 21.3 Å². The summed E-state index contributed by atoms with van der Waals surface area (Å²) >= 11 is 0.722. The number of nitrogens with one attached hydrogen (secondary N) is 2. The molecule has 116 valence electrons. The van der Waals surface area contributed by atoms with Gasteiger partial charge in [0, 0.05) is 11.5 Å². The third kappa shape index (κ3) is 1.98. The van der Waals surface area contributed by atoms with Gasteiger partial charge >= 0.3 is 11.1 Å². The summed E-state index contributed by atoms with van der Waals surface area (Å²) in [6.07, 6.45) is 0. The Balaban J connectivity index is 2.22. The molecular formula is C12H6N4O6S. The Labute approximate surface area is 130 Å². The van der Waals surface area contributed by atoms with Gasteiger partial charge in [-0.15, -0.1) is 8.57 Å². The van der Waals surface area contributed by atoms with Gasteiger partial charge < -0.3 is 9.97 Å². The van der Waals surface area contributed by atoms with Gasteiger partial charge in [-0.05, 0) is 6.07 Å². The zero-order valence-electron chi connectivity index (χ0n) is 11.1. The van der Waals surface area contributed by atoms with Gasteiger partial charge in [0.1, 0.15) is 5.69 Å². The molecular weight excluding hydrogens is 328 g/mol. The van der Waals surface area contributed by atoms with Crippen molar-refractivity contribution in [3.8, 4) is 0 Å². The molecule has 2 aromatic carbocycles. The Kier molecular flexibility index (Phi) is 2.87. The monoisotopic (exact) mass is 334 g/mol. The molecule has 0 atom stereocenters. The molecule has 11 heteroatoms. The standard InChI is InChI=1S/C12H6N4O6S/c17-11-12(18)14-10-5-2-1-3-7(16-21-23-22-16)9(5)8(15(19)20)4-6(10)13-11/h1-4H,(H,13,17)(H,14,18). The highest BCUT2D eigenvalue weighted by Crippen LogP contribution is 2.41. The van der Waals surface area contributed by atoms with E-state index in [0.717, 1.165) is 17.6 Å². The Morgan fingerprint density at radius 2 is 1.91 bits per heavy atom. The first kappa shape index (κ1) is 13.8. The summed E-state index contributed by atoms with van der Waals surface area (Å²) < 4.78 is 9.98. The van der Waals surface area contributed by atoms with Crippen LogP contribution in [0.4, 0.5) is 11.4 Å². The average molecular weight is 334 g/mol. The van der Waals surface area contributed by atoms with E-state index in [0.29, 0.717) is 11.1 Å². The SMILES string of the molecule is O=c1[nH]c2cc([N+](=O)[O-])c3c(N4OSO4)cccc3c2[nH]c1=O. The van der Waals surface area contributed by atoms with Gasteiger partial charge in [-0.3, -0.25) is 19.7 Å². The van der Waals surface area contributed by atoms with Gasteiger partial charge in [0.2, 0.25) is 12.3 Å². The molecule has 0 radical (unpaired) electrons. The minimum absolute atomic E-state index is 0.158. The first-order valence-electron chi connectivity index (χ1n) is 6.24. The fourth-order valence-electron chi connectivity index (χ4n) is 2.46. The predicted molar refractivity (Wildman–Crippen MR) is 81.6 cm³/mol. The summed E-state index contributed by atoms with van der Waals surface area (Å²) in [5.74, 6) is 0. The van der Waals surface area contributed by atoms with Crippen LogP contribution >= 0.6 is 12.3 Å². The molecule has 1 saturated heterocycles. The van der Waals surface area contributed by atoms with Gasteiger partial charge in [0.25, 0.3) is 5.69 Å². The van der Waals surface area contributed by atoms with Crippen LogP contribution in [0.5, 0.6) is 0 Å². The molecule has 4 rings (SSSR count). The van der Waals surface area contributed by atoms with E-state index in [1.807, 2.05) is 0 Å². The number of non-ortho nitro benzene ring substituents is 1.